The van der Waals surface area contributed by atoms with Crippen LogP contribution in [0.3, 0.4) is 0 Å². The van der Waals surface area contributed by atoms with Crippen LogP contribution < -0.4 is 5.32 Å². The maximum atomic E-state index is 8.63. The predicted molar refractivity (Wildman–Crippen MR) is 31.7 cm³/mol. The van der Waals surface area contributed by atoms with Crippen molar-refractivity contribution in [1.82, 2.24) is 5.32 Å². The molecule has 0 saturated carbocycles. The molecule has 1 fully saturated rings. The number of rotatable bonds is 1. The van der Waals surface area contributed by atoms with Gasteiger partial charge in [0.1, 0.15) is 0 Å². The lowest BCUT2D eigenvalue weighted by molar-refractivity contribution is 0.198. The van der Waals surface area contributed by atoms with Crippen LogP contribution in [0.25, 0.3) is 0 Å². The molecule has 1 N–H and O–H groups in total. The Hall–Kier alpha value is -0.0800. The van der Waals surface area contributed by atoms with E-state index in [9.17, 15) is 0 Å². The Balaban J connectivity index is 2.13. The fraction of sp³-hybridized carbons (Fsp3) is 1.00. The van der Waals surface area contributed by atoms with Crippen LogP contribution in [-0.2, 0) is 0 Å². The zero-order chi connectivity index (χ0) is 5.82. The average molecular weight is 114 g/mol. The zero-order valence-corrected chi connectivity index (χ0v) is 5.01. The largest absolute Gasteiger partial charge is 0.396 e. The molecule has 1 atom stereocenters. The van der Waals surface area contributed by atoms with Crippen molar-refractivity contribution in [1.29, 1.82) is 0 Å². The fourth-order valence-electron chi connectivity index (χ4n) is 1.01. The van der Waals surface area contributed by atoms with Crippen molar-refractivity contribution in [2.45, 2.75) is 12.8 Å². The smallest absolute Gasteiger partial charge is 0.0472 e. The molecule has 2 heteroatoms. The van der Waals surface area contributed by atoms with Crippen LogP contribution in [0, 0.1) is 5.92 Å². The van der Waals surface area contributed by atoms with Crippen LogP contribution in [0.2, 0.25) is 0 Å². The second-order valence-electron chi connectivity index (χ2n) is 2.32. The summed E-state index contributed by atoms with van der Waals surface area (Å²) in [6.45, 7) is 2.22. The Bertz CT molecular complexity index is 59.5. The van der Waals surface area contributed by atoms with E-state index in [4.69, 9.17) is 5.11 Å². The van der Waals surface area contributed by atoms with Crippen LogP contribution in [-0.4, -0.2) is 24.8 Å². The Morgan fingerprint density at radius 3 is 2.88 bits per heavy atom. The van der Waals surface area contributed by atoms with Gasteiger partial charge in [0.05, 0.1) is 0 Å². The molecular weight excluding hydrogens is 102 g/mol. The second kappa shape index (κ2) is 3.05. The number of aliphatic hydroxyl groups excluding tert-OH is 1. The summed E-state index contributed by atoms with van der Waals surface area (Å²) in [5, 5.41) is 12.8. The highest BCUT2D eigenvalue weighted by Gasteiger charge is 2.11. The summed E-state index contributed by atoms with van der Waals surface area (Å²) in [5.41, 5.74) is 0. The molecule has 0 aliphatic carbocycles. The van der Waals surface area contributed by atoms with Gasteiger partial charge in [-0.05, 0) is 18.8 Å². The molecule has 0 aromatic heterocycles. The van der Waals surface area contributed by atoms with Gasteiger partial charge >= 0.3 is 0 Å². The minimum Gasteiger partial charge on any atom is -0.396 e. The quantitative estimate of drug-likeness (QED) is 0.511. The highest BCUT2D eigenvalue weighted by Crippen LogP contribution is 2.08. The number of aliphatic hydroxyl groups is 1. The molecule has 0 spiro atoms. The van der Waals surface area contributed by atoms with Gasteiger partial charge in [-0.3, -0.25) is 0 Å². The molecule has 1 unspecified atom stereocenters. The molecule has 47 valence electrons. The molecular formula is C6H12NO. The van der Waals surface area contributed by atoms with E-state index in [1.807, 2.05) is 0 Å². The maximum Gasteiger partial charge on any atom is 0.0472 e. The van der Waals surface area contributed by atoms with Crippen LogP contribution in [0.4, 0.5) is 0 Å². The van der Waals surface area contributed by atoms with E-state index in [0.717, 1.165) is 13.1 Å². The van der Waals surface area contributed by atoms with Crippen molar-refractivity contribution < 1.29 is 5.11 Å². The summed E-state index contributed by atoms with van der Waals surface area (Å²) in [5.74, 6) is 0.476. The summed E-state index contributed by atoms with van der Waals surface area (Å²) in [4.78, 5) is 0. The molecule has 1 aliphatic rings. The standard InChI is InChI=1S/C6H12NO/c8-5-6-2-1-3-7-4-6/h6,8H,1-5H2. The van der Waals surface area contributed by atoms with E-state index < -0.39 is 0 Å². The van der Waals surface area contributed by atoms with Crippen molar-refractivity contribution in [2.24, 2.45) is 5.92 Å². The molecule has 1 heterocycles. The van der Waals surface area contributed by atoms with E-state index in [2.05, 4.69) is 5.32 Å². The van der Waals surface area contributed by atoms with Crippen LogP contribution in [0.5, 0.6) is 0 Å². The summed E-state index contributed by atoms with van der Waals surface area (Å²) in [6.07, 6.45) is 2.34. The molecule has 1 radical (unpaired) electrons. The first-order valence-electron chi connectivity index (χ1n) is 3.17. The summed E-state index contributed by atoms with van der Waals surface area (Å²) >= 11 is 0. The molecule has 2 nitrogen and oxygen atoms in total. The maximum absolute atomic E-state index is 8.63. The fourth-order valence-corrected chi connectivity index (χ4v) is 1.01. The number of hydrogen-bond acceptors (Lipinski definition) is 1. The third-order valence-corrected chi connectivity index (χ3v) is 1.57. The van der Waals surface area contributed by atoms with Gasteiger partial charge in [-0.1, -0.05) is 0 Å². The Morgan fingerprint density at radius 2 is 2.50 bits per heavy atom. The highest BCUT2D eigenvalue weighted by molar-refractivity contribution is 4.66. The molecule has 0 bridgehead atoms. The van der Waals surface area contributed by atoms with Gasteiger partial charge in [0, 0.05) is 19.7 Å². The number of nitrogens with zero attached hydrogens (tertiary/aromatic N) is 1. The van der Waals surface area contributed by atoms with Crippen LogP contribution in [0.1, 0.15) is 12.8 Å². The van der Waals surface area contributed by atoms with Gasteiger partial charge in [-0.15, -0.1) is 0 Å². The molecule has 1 aliphatic heterocycles. The summed E-state index contributed by atoms with van der Waals surface area (Å²) < 4.78 is 0. The minimum absolute atomic E-state index is 0.323. The number of piperidine rings is 1. The third kappa shape index (κ3) is 1.46. The normalized spacial score (nSPS) is 30.4. The monoisotopic (exact) mass is 114 g/mol. The second-order valence-corrected chi connectivity index (χ2v) is 2.32. The van der Waals surface area contributed by atoms with E-state index in [1.54, 1.807) is 0 Å². The van der Waals surface area contributed by atoms with Gasteiger partial charge < -0.3 is 5.11 Å². The topological polar surface area (TPSA) is 34.3 Å². The molecule has 0 amide bonds. The molecule has 1 saturated heterocycles. The van der Waals surface area contributed by atoms with Gasteiger partial charge in [-0.25, -0.2) is 5.32 Å². The van der Waals surface area contributed by atoms with Crippen molar-refractivity contribution in [2.75, 3.05) is 19.7 Å². The van der Waals surface area contributed by atoms with Crippen molar-refractivity contribution in [3.05, 3.63) is 0 Å². The summed E-state index contributed by atoms with van der Waals surface area (Å²) in [6, 6.07) is 0. The SMILES string of the molecule is OCC1CCC[N]C1. The Labute approximate surface area is 49.9 Å². The van der Waals surface area contributed by atoms with E-state index in [0.29, 0.717) is 12.5 Å². The van der Waals surface area contributed by atoms with Gasteiger partial charge in [-0.2, -0.15) is 0 Å². The van der Waals surface area contributed by atoms with Crippen LogP contribution >= 0.6 is 0 Å². The summed E-state index contributed by atoms with van der Waals surface area (Å²) in [7, 11) is 0. The first kappa shape index (κ1) is 6.05. The van der Waals surface area contributed by atoms with E-state index in [1.165, 1.54) is 12.8 Å². The highest BCUT2D eigenvalue weighted by atomic mass is 16.3. The average Bonchev–Trinajstić information content (AvgIpc) is 1.90. The minimum atomic E-state index is 0.323. The Morgan fingerprint density at radius 1 is 1.62 bits per heavy atom. The molecule has 8 heavy (non-hydrogen) atoms. The van der Waals surface area contributed by atoms with Gasteiger partial charge in [0.15, 0.2) is 0 Å². The zero-order valence-electron chi connectivity index (χ0n) is 5.01. The predicted octanol–water partition coefficient (Wildman–Crippen LogP) is -0.00690. The molecule has 1 rings (SSSR count). The third-order valence-electron chi connectivity index (χ3n) is 1.57. The van der Waals surface area contributed by atoms with Crippen molar-refractivity contribution >= 4 is 0 Å². The first-order valence-corrected chi connectivity index (χ1v) is 3.17. The van der Waals surface area contributed by atoms with Crippen LogP contribution in [0.15, 0.2) is 0 Å². The van der Waals surface area contributed by atoms with E-state index in [-0.39, 0.29) is 0 Å². The lowest BCUT2D eigenvalue weighted by Gasteiger charge is -2.18. The van der Waals surface area contributed by atoms with Crippen molar-refractivity contribution in [3.8, 4) is 0 Å². The molecule has 0 aromatic rings. The lowest BCUT2D eigenvalue weighted by Crippen LogP contribution is -2.26. The van der Waals surface area contributed by atoms with Gasteiger partial charge in [0.25, 0.3) is 0 Å². The van der Waals surface area contributed by atoms with Gasteiger partial charge in [0.2, 0.25) is 0 Å². The first-order chi connectivity index (χ1) is 3.93. The number of hydrogen-bond donors (Lipinski definition) is 1. The Kier molecular flexibility index (Phi) is 2.30. The molecule has 0 aromatic carbocycles. The lowest BCUT2D eigenvalue weighted by atomic mass is 10.0. The van der Waals surface area contributed by atoms with E-state index >= 15 is 0 Å². The van der Waals surface area contributed by atoms with Crippen molar-refractivity contribution in [3.63, 3.8) is 0 Å².